The van der Waals surface area contributed by atoms with Gasteiger partial charge in [0.15, 0.2) is 9.84 Å². The number of rotatable bonds is 9. The largest absolute Gasteiger partial charge is 0.320 e. The van der Waals surface area contributed by atoms with Crippen LogP contribution in [-0.2, 0) is 26.4 Å². The Balaban J connectivity index is 2.51. The van der Waals surface area contributed by atoms with Crippen LogP contribution in [0, 0.1) is 0 Å². The van der Waals surface area contributed by atoms with E-state index in [1.54, 1.807) is 12.1 Å². The third-order valence-electron chi connectivity index (χ3n) is 2.94. The maximum atomic E-state index is 11.8. The van der Waals surface area contributed by atoms with Gasteiger partial charge in [0.1, 0.15) is 0 Å². The summed E-state index contributed by atoms with van der Waals surface area (Å²) in [6.45, 7) is 0.959. The molecule has 1 rings (SSSR count). The molecule has 0 unspecified atom stereocenters. The van der Waals surface area contributed by atoms with Gasteiger partial charge in [0.05, 0.1) is 10.6 Å². The maximum Gasteiger partial charge on any atom is 0.211 e. The van der Waals surface area contributed by atoms with Gasteiger partial charge in [0.2, 0.25) is 10.0 Å². The van der Waals surface area contributed by atoms with Gasteiger partial charge in [-0.2, -0.15) is 0 Å². The number of unbranched alkanes of at least 4 members (excludes halogenated alkanes) is 1. The Kier molecular flexibility index (Phi) is 6.79. The monoisotopic (exact) mass is 334 g/mol. The Morgan fingerprint density at radius 1 is 1.00 bits per heavy atom. The van der Waals surface area contributed by atoms with Crippen molar-refractivity contribution in [1.29, 1.82) is 0 Å². The van der Waals surface area contributed by atoms with Crippen molar-refractivity contribution in [2.75, 3.05) is 25.6 Å². The molecule has 8 heteroatoms. The number of hydrogen-bond donors (Lipinski definition) is 2. The Bertz CT molecular complexity index is 637. The zero-order valence-corrected chi connectivity index (χ0v) is 13.9. The first kappa shape index (κ1) is 18.1. The van der Waals surface area contributed by atoms with Crippen molar-refractivity contribution in [3.05, 3.63) is 29.8 Å². The molecule has 6 nitrogen and oxygen atoms in total. The average Bonchev–Trinajstić information content (AvgIpc) is 2.41. The molecule has 0 fully saturated rings. The molecule has 120 valence electrons. The van der Waals surface area contributed by atoms with Gasteiger partial charge in [-0.05, 0) is 44.1 Å². The van der Waals surface area contributed by atoms with E-state index in [4.69, 9.17) is 0 Å². The first-order valence-electron chi connectivity index (χ1n) is 6.65. The lowest BCUT2D eigenvalue weighted by atomic mass is 10.2. The second-order valence-corrected chi connectivity index (χ2v) is 8.81. The molecule has 1 aromatic carbocycles. The quantitative estimate of drug-likeness (QED) is 0.642. The molecule has 0 bridgehead atoms. The molecule has 0 aliphatic rings. The van der Waals surface area contributed by atoms with E-state index in [1.807, 2.05) is 7.05 Å². The fraction of sp³-hybridized carbons (Fsp3) is 0.538. The molecule has 0 aliphatic carbocycles. The van der Waals surface area contributed by atoms with Crippen molar-refractivity contribution in [2.45, 2.75) is 24.3 Å². The van der Waals surface area contributed by atoms with E-state index < -0.39 is 19.9 Å². The van der Waals surface area contributed by atoms with Crippen molar-refractivity contribution in [3.8, 4) is 0 Å². The van der Waals surface area contributed by atoms with Crippen molar-refractivity contribution < 1.29 is 16.8 Å². The number of nitrogens with one attached hydrogen (secondary N) is 2. The van der Waals surface area contributed by atoms with Gasteiger partial charge < -0.3 is 5.32 Å². The molecule has 0 spiro atoms. The first-order chi connectivity index (χ1) is 9.74. The molecule has 0 saturated carbocycles. The normalized spacial score (nSPS) is 12.5. The molecule has 21 heavy (non-hydrogen) atoms. The Hall–Kier alpha value is -0.960. The summed E-state index contributed by atoms with van der Waals surface area (Å²) in [5.41, 5.74) is 0.723. The first-order valence-corrected chi connectivity index (χ1v) is 10.2. The summed E-state index contributed by atoms with van der Waals surface area (Å²) >= 11 is 0. The molecule has 0 saturated heterocycles. The topological polar surface area (TPSA) is 92.3 Å². The van der Waals surface area contributed by atoms with E-state index >= 15 is 0 Å². The summed E-state index contributed by atoms with van der Waals surface area (Å²) in [7, 11) is -4.69. The maximum absolute atomic E-state index is 11.8. The lowest BCUT2D eigenvalue weighted by molar-refractivity contribution is 0.575. The van der Waals surface area contributed by atoms with Crippen LogP contribution in [0.15, 0.2) is 29.2 Å². The van der Waals surface area contributed by atoms with Crippen LogP contribution in [0.1, 0.15) is 18.4 Å². The molecule has 0 amide bonds. The van der Waals surface area contributed by atoms with E-state index in [0.717, 1.165) is 24.8 Å². The van der Waals surface area contributed by atoms with Crippen LogP contribution in [0.25, 0.3) is 0 Å². The molecule has 0 atom stereocenters. The van der Waals surface area contributed by atoms with Gasteiger partial charge in [0.25, 0.3) is 0 Å². The van der Waals surface area contributed by atoms with Crippen LogP contribution < -0.4 is 10.0 Å². The van der Waals surface area contributed by atoms with Crippen LogP contribution in [0.5, 0.6) is 0 Å². The van der Waals surface area contributed by atoms with Crippen molar-refractivity contribution in [3.63, 3.8) is 0 Å². The van der Waals surface area contributed by atoms with Gasteiger partial charge in [-0.1, -0.05) is 12.1 Å². The summed E-state index contributed by atoms with van der Waals surface area (Å²) in [5.74, 6) is 0.0934. The lowest BCUT2D eigenvalue weighted by Gasteiger charge is -2.07. The predicted molar refractivity (Wildman–Crippen MR) is 83.3 cm³/mol. The third kappa shape index (κ3) is 7.03. The zero-order valence-electron chi connectivity index (χ0n) is 12.3. The molecule has 2 N–H and O–H groups in total. The molecule has 0 radical (unpaired) electrons. The number of benzene rings is 1. The summed E-state index contributed by atoms with van der Waals surface area (Å²) < 4.78 is 48.7. The van der Waals surface area contributed by atoms with Gasteiger partial charge in [-0.15, -0.1) is 0 Å². The van der Waals surface area contributed by atoms with Gasteiger partial charge in [0, 0.05) is 12.8 Å². The minimum Gasteiger partial charge on any atom is -0.320 e. The van der Waals surface area contributed by atoms with Crippen molar-refractivity contribution in [2.24, 2.45) is 0 Å². The van der Waals surface area contributed by atoms with E-state index in [-0.39, 0.29) is 17.2 Å². The van der Waals surface area contributed by atoms with Crippen LogP contribution in [0.4, 0.5) is 0 Å². The third-order valence-corrected chi connectivity index (χ3v) is 5.48. The van der Waals surface area contributed by atoms with Gasteiger partial charge in [-0.3, -0.25) is 0 Å². The highest BCUT2D eigenvalue weighted by atomic mass is 32.2. The van der Waals surface area contributed by atoms with Crippen LogP contribution >= 0.6 is 0 Å². The van der Waals surface area contributed by atoms with E-state index in [9.17, 15) is 16.8 Å². The predicted octanol–water partition coefficient (Wildman–Crippen LogP) is 0.509. The average molecular weight is 334 g/mol. The minimum atomic E-state index is -3.29. The van der Waals surface area contributed by atoms with E-state index in [2.05, 4.69) is 10.0 Å². The summed E-state index contributed by atoms with van der Waals surface area (Å²) in [5, 5.41) is 2.96. The highest BCUT2D eigenvalue weighted by Gasteiger charge is 2.10. The van der Waals surface area contributed by atoms with Gasteiger partial charge >= 0.3 is 0 Å². The van der Waals surface area contributed by atoms with Gasteiger partial charge in [-0.25, -0.2) is 21.6 Å². The Labute approximate surface area is 126 Å². The fourth-order valence-electron chi connectivity index (χ4n) is 1.71. The van der Waals surface area contributed by atoms with E-state index in [0.29, 0.717) is 6.42 Å². The van der Waals surface area contributed by atoms with E-state index in [1.165, 1.54) is 12.1 Å². The summed E-state index contributed by atoms with van der Waals surface area (Å²) in [6.07, 6.45) is 2.54. The zero-order chi connectivity index (χ0) is 15.9. The molecular formula is C13H22N2O4S2. The SMILES string of the molecule is CNCCCCS(=O)(=O)NCc1ccc(S(C)(=O)=O)cc1. The molecule has 1 aromatic rings. The van der Waals surface area contributed by atoms with Crippen LogP contribution in [0.3, 0.4) is 0 Å². The second-order valence-electron chi connectivity index (χ2n) is 4.87. The standard InChI is InChI=1S/C13H22N2O4S2/c1-14-9-3-4-10-21(18,19)15-11-12-5-7-13(8-6-12)20(2,16)17/h5-8,14-15H,3-4,9-11H2,1-2H3. The highest BCUT2D eigenvalue weighted by molar-refractivity contribution is 7.90. The second kappa shape index (κ2) is 7.88. The highest BCUT2D eigenvalue weighted by Crippen LogP contribution is 2.10. The molecule has 0 heterocycles. The van der Waals surface area contributed by atoms with Crippen LogP contribution in [0.2, 0.25) is 0 Å². The smallest absolute Gasteiger partial charge is 0.211 e. The number of sulfone groups is 1. The summed E-state index contributed by atoms with van der Waals surface area (Å²) in [6, 6.07) is 6.18. The molecule has 0 aliphatic heterocycles. The number of hydrogen-bond acceptors (Lipinski definition) is 5. The lowest BCUT2D eigenvalue weighted by Crippen LogP contribution is -2.26. The summed E-state index contributed by atoms with van der Waals surface area (Å²) in [4.78, 5) is 0.223. The Morgan fingerprint density at radius 2 is 1.62 bits per heavy atom. The minimum absolute atomic E-state index is 0.0934. The molecule has 0 aromatic heterocycles. The van der Waals surface area contributed by atoms with Crippen molar-refractivity contribution in [1.82, 2.24) is 10.0 Å². The van der Waals surface area contributed by atoms with Crippen LogP contribution in [-0.4, -0.2) is 42.4 Å². The van der Waals surface area contributed by atoms with Crippen molar-refractivity contribution >= 4 is 19.9 Å². The Morgan fingerprint density at radius 3 is 2.14 bits per heavy atom. The number of sulfonamides is 1. The fourth-order valence-corrected chi connectivity index (χ4v) is 3.46. The molecular weight excluding hydrogens is 312 g/mol.